The van der Waals surface area contributed by atoms with Crippen molar-refractivity contribution >= 4 is 5.65 Å². The van der Waals surface area contributed by atoms with Crippen LogP contribution >= 0.6 is 0 Å². The van der Waals surface area contributed by atoms with E-state index in [1.54, 1.807) is 0 Å². The zero-order valence-electron chi connectivity index (χ0n) is 12.7. The van der Waals surface area contributed by atoms with Crippen molar-refractivity contribution < 1.29 is 0 Å². The van der Waals surface area contributed by atoms with Crippen LogP contribution in [0.3, 0.4) is 0 Å². The lowest BCUT2D eigenvalue weighted by Crippen LogP contribution is -2.39. The van der Waals surface area contributed by atoms with Gasteiger partial charge in [0.05, 0.1) is 0 Å². The van der Waals surface area contributed by atoms with Gasteiger partial charge in [0, 0.05) is 18.7 Å². The van der Waals surface area contributed by atoms with E-state index in [2.05, 4.69) is 58.6 Å². The SMILES string of the molecule is Cc1cccn2c(CC3CCN(C(C)C)CC3)nnc12. The van der Waals surface area contributed by atoms with Crippen molar-refractivity contribution in [1.29, 1.82) is 0 Å². The Balaban J connectivity index is 1.70. The molecule has 20 heavy (non-hydrogen) atoms. The lowest BCUT2D eigenvalue weighted by molar-refractivity contribution is 0.148. The van der Waals surface area contributed by atoms with Crippen molar-refractivity contribution in [3.8, 4) is 0 Å². The predicted molar refractivity (Wildman–Crippen MR) is 80.9 cm³/mol. The second-order valence-electron chi connectivity index (χ2n) is 6.28. The van der Waals surface area contributed by atoms with Crippen LogP contribution in [0.2, 0.25) is 0 Å². The molecular weight excluding hydrogens is 248 g/mol. The Kier molecular flexibility index (Phi) is 3.74. The molecule has 0 N–H and O–H groups in total. The van der Waals surface area contributed by atoms with Crippen LogP contribution in [0.5, 0.6) is 0 Å². The second-order valence-corrected chi connectivity index (χ2v) is 6.28. The highest BCUT2D eigenvalue weighted by atomic mass is 15.2. The van der Waals surface area contributed by atoms with Gasteiger partial charge in [-0.3, -0.25) is 4.40 Å². The van der Waals surface area contributed by atoms with Gasteiger partial charge in [0.1, 0.15) is 5.82 Å². The van der Waals surface area contributed by atoms with E-state index in [0.717, 1.165) is 23.8 Å². The molecule has 3 rings (SSSR count). The number of fused-ring (bicyclic) bond motifs is 1. The van der Waals surface area contributed by atoms with Crippen molar-refractivity contribution in [3.05, 3.63) is 29.7 Å². The smallest absolute Gasteiger partial charge is 0.163 e. The Morgan fingerprint density at radius 1 is 1.25 bits per heavy atom. The summed E-state index contributed by atoms with van der Waals surface area (Å²) in [7, 11) is 0. The van der Waals surface area contributed by atoms with Crippen molar-refractivity contribution in [2.24, 2.45) is 5.92 Å². The van der Waals surface area contributed by atoms with Gasteiger partial charge in [0.2, 0.25) is 0 Å². The van der Waals surface area contributed by atoms with Gasteiger partial charge >= 0.3 is 0 Å². The van der Waals surface area contributed by atoms with Crippen LogP contribution in [0, 0.1) is 12.8 Å². The summed E-state index contributed by atoms with van der Waals surface area (Å²) >= 11 is 0. The Morgan fingerprint density at radius 3 is 2.70 bits per heavy atom. The van der Waals surface area contributed by atoms with E-state index >= 15 is 0 Å². The topological polar surface area (TPSA) is 33.4 Å². The van der Waals surface area contributed by atoms with Crippen LogP contribution in [0.1, 0.15) is 38.1 Å². The minimum absolute atomic E-state index is 0.674. The molecule has 0 radical (unpaired) electrons. The molecule has 4 nitrogen and oxygen atoms in total. The highest BCUT2D eigenvalue weighted by Crippen LogP contribution is 2.22. The molecule has 2 aromatic rings. The van der Waals surface area contributed by atoms with Crippen LogP contribution in [0.25, 0.3) is 5.65 Å². The second kappa shape index (κ2) is 5.52. The number of hydrogen-bond donors (Lipinski definition) is 0. The highest BCUT2D eigenvalue weighted by Gasteiger charge is 2.22. The van der Waals surface area contributed by atoms with E-state index in [1.165, 1.54) is 31.5 Å². The van der Waals surface area contributed by atoms with Crippen molar-refractivity contribution in [1.82, 2.24) is 19.5 Å². The fraction of sp³-hybridized carbons (Fsp3) is 0.625. The van der Waals surface area contributed by atoms with Gasteiger partial charge < -0.3 is 4.90 Å². The van der Waals surface area contributed by atoms with Crippen LogP contribution in [0.4, 0.5) is 0 Å². The standard InChI is InChI=1S/C16H24N4/c1-12(2)19-9-6-14(7-10-19)11-15-17-18-16-13(3)5-4-8-20(15)16/h4-5,8,12,14H,6-7,9-11H2,1-3H3. The van der Waals surface area contributed by atoms with Gasteiger partial charge in [-0.15, -0.1) is 10.2 Å². The van der Waals surface area contributed by atoms with E-state index in [9.17, 15) is 0 Å². The molecule has 2 aromatic heterocycles. The molecule has 0 bridgehead atoms. The molecule has 0 amide bonds. The van der Waals surface area contributed by atoms with Crippen molar-refractivity contribution in [3.63, 3.8) is 0 Å². The maximum absolute atomic E-state index is 4.40. The summed E-state index contributed by atoms with van der Waals surface area (Å²) in [5.41, 5.74) is 2.20. The average molecular weight is 272 g/mol. The molecular formula is C16H24N4. The van der Waals surface area contributed by atoms with E-state index in [0.29, 0.717) is 6.04 Å². The fourth-order valence-electron chi connectivity index (χ4n) is 3.17. The Morgan fingerprint density at radius 2 is 2.00 bits per heavy atom. The molecule has 0 saturated carbocycles. The van der Waals surface area contributed by atoms with Gasteiger partial charge in [0.25, 0.3) is 0 Å². The highest BCUT2D eigenvalue weighted by molar-refractivity contribution is 5.46. The minimum atomic E-state index is 0.674. The van der Waals surface area contributed by atoms with Crippen LogP contribution in [-0.2, 0) is 6.42 Å². The molecule has 108 valence electrons. The average Bonchev–Trinajstić information content (AvgIpc) is 2.84. The number of nitrogens with zero attached hydrogens (tertiary/aromatic N) is 4. The largest absolute Gasteiger partial charge is 0.301 e. The number of hydrogen-bond acceptors (Lipinski definition) is 3. The summed E-state index contributed by atoms with van der Waals surface area (Å²) in [5, 5.41) is 8.73. The van der Waals surface area contributed by atoms with Crippen LogP contribution in [0.15, 0.2) is 18.3 Å². The molecule has 0 atom stereocenters. The van der Waals surface area contributed by atoms with Crippen molar-refractivity contribution in [2.75, 3.05) is 13.1 Å². The van der Waals surface area contributed by atoms with E-state index in [1.807, 2.05) is 0 Å². The van der Waals surface area contributed by atoms with E-state index in [-0.39, 0.29) is 0 Å². The normalized spacial score (nSPS) is 18.2. The summed E-state index contributed by atoms with van der Waals surface area (Å²) in [5.74, 6) is 1.87. The first-order chi connectivity index (χ1) is 9.65. The summed E-state index contributed by atoms with van der Waals surface area (Å²) < 4.78 is 2.16. The monoisotopic (exact) mass is 272 g/mol. The number of pyridine rings is 1. The Labute approximate surface area is 120 Å². The minimum Gasteiger partial charge on any atom is -0.301 e. The third kappa shape index (κ3) is 2.57. The first-order valence-corrected chi connectivity index (χ1v) is 7.68. The first kappa shape index (κ1) is 13.6. The Hall–Kier alpha value is -1.42. The molecule has 3 heterocycles. The third-order valence-corrected chi connectivity index (χ3v) is 4.55. The lowest BCUT2D eigenvalue weighted by atomic mass is 9.92. The van der Waals surface area contributed by atoms with E-state index < -0.39 is 0 Å². The maximum Gasteiger partial charge on any atom is 0.163 e. The number of aromatic nitrogens is 3. The molecule has 1 aliphatic heterocycles. The van der Waals surface area contributed by atoms with Gasteiger partial charge in [-0.1, -0.05) is 6.07 Å². The number of rotatable bonds is 3. The summed E-state index contributed by atoms with van der Waals surface area (Å²) in [6.45, 7) is 9.11. The molecule has 0 aliphatic carbocycles. The molecule has 1 fully saturated rings. The summed E-state index contributed by atoms with van der Waals surface area (Å²) in [6.07, 6.45) is 5.69. The summed E-state index contributed by atoms with van der Waals surface area (Å²) in [6, 6.07) is 4.85. The zero-order valence-corrected chi connectivity index (χ0v) is 12.7. The Bertz CT molecular complexity index is 579. The van der Waals surface area contributed by atoms with Gasteiger partial charge in [-0.25, -0.2) is 0 Å². The molecule has 4 heteroatoms. The molecule has 1 saturated heterocycles. The molecule has 0 unspecified atom stereocenters. The van der Waals surface area contributed by atoms with Gasteiger partial charge in [0.15, 0.2) is 5.65 Å². The van der Waals surface area contributed by atoms with Gasteiger partial charge in [-0.05, 0) is 64.3 Å². The summed E-state index contributed by atoms with van der Waals surface area (Å²) in [4.78, 5) is 2.57. The van der Waals surface area contributed by atoms with Crippen LogP contribution < -0.4 is 0 Å². The lowest BCUT2D eigenvalue weighted by Gasteiger charge is -2.34. The third-order valence-electron chi connectivity index (χ3n) is 4.55. The predicted octanol–water partition coefficient (Wildman–Crippen LogP) is 2.70. The molecule has 0 aromatic carbocycles. The number of likely N-dealkylation sites (tertiary alicyclic amines) is 1. The van der Waals surface area contributed by atoms with Crippen LogP contribution in [-0.4, -0.2) is 38.6 Å². The molecule has 0 spiro atoms. The first-order valence-electron chi connectivity index (χ1n) is 7.68. The zero-order chi connectivity index (χ0) is 14.1. The van der Waals surface area contributed by atoms with Gasteiger partial charge in [-0.2, -0.15) is 0 Å². The van der Waals surface area contributed by atoms with E-state index in [4.69, 9.17) is 0 Å². The maximum atomic E-state index is 4.40. The fourth-order valence-corrected chi connectivity index (χ4v) is 3.17. The number of piperidine rings is 1. The molecule has 1 aliphatic rings. The number of aryl methyl sites for hydroxylation is 1. The van der Waals surface area contributed by atoms with Crippen molar-refractivity contribution in [2.45, 2.75) is 46.1 Å². The quantitative estimate of drug-likeness (QED) is 0.861.